The largest absolute Gasteiger partial charge is 0.380 e. The van der Waals surface area contributed by atoms with Crippen LogP contribution < -0.4 is 10.6 Å². The first-order valence-electron chi connectivity index (χ1n) is 8.56. The summed E-state index contributed by atoms with van der Waals surface area (Å²) in [5, 5.41) is 5.32. The van der Waals surface area contributed by atoms with E-state index in [1.54, 1.807) is 7.05 Å². The standard InChI is InChI=1S/C11H23NO2.C4H9NO.C2H6/c1-4-7-14-8-6-12-11(13)9-10(3)5-2;1-3-4(6)5-2;1-2/h10H,4-9H2,1-3H3,(H,12,13);3H2,1-2H3,(H,5,6);1-2H3. The highest BCUT2D eigenvalue weighted by Crippen LogP contribution is 2.04. The molecule has 2 N–H and O–H groups in total. The molecule has 0 aromatic rings. The van der Waals surface area contributed by atoms with E-state index < -0.39 is 0 Å². The van der Waals surface area contributed by atoms with Crippen molar-refractivity contribution >= 4 is 11.8 Å². The van der Waals surface area contributed by atoms with E-state index >= 15 is 0 Å². The Hall–Kier alpha value is -1.10. The van der Waals surface area contributed by atoms with E-state index in [2.05, 4.69) is 31.4 Å². The molecule has 0 saturated carbocycles. The maximum Gasteiger partial charge on any atom is 0.220 e. The van der Waals surface area contributed by atoms with Crippen LogP contribution in [0.3, 0.4) is 0 Å². The summed E-state index contributed by atoms with van der Waals surface area (Å²) in [5.41, 5.74) is 0. The molecular formula is C17H38N2O3. The number of hydrogen-bond acceptors (Lipinski definition) is 3. The third-order valence-corrected chi connectivity index (χ3v) is 2.75. The summed E-state index contributed by atoms with van der Waals surface area (Å²) in [6.07, 6.45) is 3.29. The highest BCUT2D eigenvalue weighted by molar-refractivity contribution is 5.76. The topological polar surface area (TPSA) is 67.4 Å². The van der Waals surface area contributed by atoms with E-state index in [0.29, 0.717) is 31.9 Å². The van der Waals surface area contributed by atoms with Gasteiger partial charge in [-0.15, -0.1) is 0 Å². The summed E-state index contributed by atoms with van der Waals surface area (Å²) in [7, 11) is 1.63. The van der Waals surface area contributed by atoms with Gasteiger partial charge in [0.1, 0.15) is 0 Å². The van der Waals surface area contributed by atoms with Crippen LogP contribution in [0.2, 0.25) is 0 Å². The molecule has 0 bridgehead atoms. The van der Waals surface area contributed by atoms with Crippen LogP contribution in [0.25, 0.3) is 0 Å². The van der Waals surface area contributed by atoms with Gasteiger partial charge in [-0.25, -0.2) is 0 Å². The fraction of sp³-hybridized carbons (Fsp3) is 0.882. The second-order valence-electron chi connectivity index (χ2n) is 4.71. The molecule has 0 aromatic carbocycles. The number of nitrogens with one attached hydrogen (secondary N) is 2. The van der Waals surface area contributed by atoms with Crippen molar-refractivity contribution in [3.05, 3.63) is 0 Å². The summed E-state index contributed by atoms with van der Waals surface area (Å²) in [6.45, 7) is 14.1. The Morgan fingerprint density at radius 1 is 1.05 bits per heavy atom. The predicted molar refractivity (Wildman–Crippen MR) is 93.9 cm³/mol. The Bertz CT molecular complexity index is 240. The monoisotopic (exact) mass is 318 g/mol. The lowest BCUT2D eigenvalue weighted by atomic mass is 10.1. The van der Waals surface area contributed by atoms with Gasteiger partial charge in [-0.05, 0) is 12.3 Å². The lowest BCUT2D eigenvalue weighted by Gasteiger charge is -2.09. The Morgan fingerprint density at radius 2 is 1.64 bits per heavy atom. The molecule has 0 fully saturated rings. The molecular weight excluding hydrogens is 280 g/mol. The van der Waals surface area contributed by atoms with Gasteiger partial charge >= 0.3 is 0 Å². The minimum atomic E-state index is 0.0926. The summed E-state index contributed by atoms with van der Waals surface area (Å²) >= 11 is 0. The zero-order chi connectivity index (χ0) is 17.8. The molecule has 1 atom stereocenters. The predicted octanol–water partition coefficient (Wildman–Crippen LogP) is 3.13. The van der Waals surface area contributed by atoms with E-state index in [1.807, 2.05) is 20.8 Å². The van der Waals surface area contributed by atoms with Crippen molar-refractivity contribution in [2.75, 3.05) is 26.8 Å². The number of amides is 2. The van der Waals surface area contributed by atoms with E-state index in [4.69, 9.17) is 4.74 Å². The molecule has 5 heteroatoms. The zero-order valence-corrected chi connectivity index (χ0v) is 15.8. The van der Waals surface area contributed by atoms with Crippen molar-refractivity contribution in [2.45, 2.75) is 67.2 Å². The molecule has 0 spiro atoms. The van der Waals surface area contributed by atoms with Crippen LogP contribution in [0.4, 0.5) is 0 Å². The molecule has 0 aliphatic carbocycles. The normalized spacial score (nSPS) is 10.3. The summed E-state index contributed by atoms with van der Waals surface area (Å²) < 4.78 is 5.25. The molecule has 0 radical (unpaired) electrons. The van der Waals surface area contributed by atoms with E-state index in [1.165, 1.54) is 0 Å². The molecule has 2 amide bonds. The molecule has 0 saturated heterocycles. The minimum Gasteiger partial charge on any atom is -0.380 e. The maximum absolute atomic E-state index is 11.3. The van der Waals surface area contributed by atoms with Crippen LogP contribution in [0.5, 0.6) is 0 Å². The lowest BCUT2D eigenvalue weighted by molar-refractivity contribution is -0.122. The number of ether oxygens (including phenoxy) is 1. The first-order chi connectivity index (χ1) is 10.5. The number of carbonyl (C=O) groups excluding carboxylic acids is 2. The first-order valence-corrected chi connectivity index (χ1v) is 8.56. The quantitative estimate of drug-likeness (QED) is 0.642. The first kappa shape index (κ1) is 25.8. The Balaban J connectivity index is -0.000000378. The molecule has 0 aromatic heterocycles. The van der Waals surface area contributed by atoms with Crippen molar-refractivity contribution in [3.63, 3.8) is 0 Å². The Kier molecular flexibility index (Phi) is 26.0. The number of rotatable bonds is 9. The molecule has 0 aliphatic rings. The molecule has 0 rings (SSSR count). The average molecular weight is 319 g/mol. The highest BCUT2D eigenvalue weighted by atomic mass is 16.5. The third-order valence-electron chi connectivity index (χ3n) is 2.75. The van der Waals surface area contributed by atoms with Gasteiger partial charge in [-0.2, -0.15) is 0 Å². The fourth-order valence-electron chi connectivity index (χ4n) is 1.22. The van der Waals surface area contributed by atoms with Crippen molar-refractivity contribution in [3.8, 4) is 0 Å². The third kappa shape index (κ3) is 24.0. The van der Waals surface area contributed by atoms with Crippen LogP contribution in [0, 0.1) is 5.92 Å². The lowest BCUT2D eigenvalue weighted by Crippen LogP contribution is -2.28. The van der Waals surface area contributed by atoms with E-state index in [9.17, 15) is 9.59 Å². The summed E-state index contributed by atoms with van der Waals surface area (Å²) in [6, 6.07) is 0. The smallest absolute Gasteiger partial charge is 0.220 e. The van der Waals surface area contributed by atoms with Crippen molar-refractivity contribution < 1.29 is 14.3 Å². The van der Waals surface area contributed by atoms with Crippen molar-refractivity contribution in [1.29, 1.82) is 0 Å². The molecule has 5 nitrogen and oxygen atoms in total. The molecule has 0 aliphatic heterocycles. The van der Waals surface area contributed by atoms with Gasteiger partial charge in [0, 0.05) is 33.0 Å². The van der Waals surface area contributed by atoms with Crippen LogP contribution in [0.1, 0.15) is 67.2 Å². The van der Waals surface area contributed by atoms with Gasteiger partial charge in [0.15, 0.2) is 0 Å². The SMILES string of the molecule is CC.CCC(=O)NC.CCCOCCNC(=O)CC(C)CC. The zero-order valence-electron chi connectivity index (χ0n) is 15.8. The van der Waals surface area contributed by atoms with Crippen LogP contribution in [-0.4, -0.2) is 38.6 Å². The maximum atomic E-state index is 11.3. The van der Waals surface area contributed by atoms with Gasteiger partial charge in [0.2, 0.25) is 11.8 Å². The van der Waals surface area contributed by atoms with Gasteiger partial charge in [0.05, 0.1) is 6.61 Å². The second-order valence-corrected chi connectivity index (χ2v) is 4.71. The van der Waals surface area contributed by atoms with Gasteiger partial charge in [-0.1, -0.05) is 48.0 Å². The van der Waals surface area contributed by atoms with Crippen LogP contribution in [0.15, 0.2) is 0 Å². The Labute approximate surface area is 137 Å². The Morgan fingerprint density at radius 3 is 2.00 bits per heavy atom. The molecule has 1 unspecified atom stereocenters. The van der Waals surface area contributed by atoms with Gasteiger partial charge in [-0.3, -0.25) is 9.59 Å². The van der Waals surface area contributed by atoms with E-state index in [0.717, 1.165) is 19.4 Å². The van der Waals surface area contributed by atoms with E-state index in [-0.39, 0.29) is 11.8 Å². The second kappa shape index (κ2) is 22.2. The number of hydrogen-bond donors (Lipinski definition) is 2. The summed E-state index contributed by atoms with van der Waals surface area (Å²) in [4.78, 5) is 21.3. The van der Waals surface area contributed by atoms with Crippen LogP contribution >= 0.6 is 0 Å². The fourth-order valence-corrected chi connectivity index (χ4v) is 1.22. The summed E-state index contributed by atoms with van der Waals surface area (Å²) in [5.74, 6) is 0.709. The molecule has 22 heavy (non-hydrogen) atoms. The minimum absolute atomic E-state index is 0.0926. The number of carbonyl (C=O) groups is 2. The van der Waals surface area contributed by atoms with Crippen molar-refractivity contribution in [2.24, 2.45) is 5.92 Å². The molecule has 0 heterocycles. The molecule has 134 valence electrons. The highest BCUT2D eigenvalue weighted by Gasteiger charge is 2.05. The van der Waals surface area contributed by atoms with Gasteiger partial charge < -0.3 is 15.4 Å². The average Bonchev–Trinajstić information content (AvgIpc) is 2.56. The van der Waals surface area contributed by atoms with Crippen LogP contribution in [-0.2, 0) is 14.3 Å². The van der Waals surface area contributed by atoms with Gasteiger partial charge in [0.25, 0.3) is 0 Å². The van der Waals surface area contributed by atoms with Crippen molar-refractivity contribution in [1.82, 2.24) is 10.6 Å².